The Labute approximate surface area is 113 Å². The van der Waals surface area contributed by atoms with Crippen LogP contribution in [-0.2, 0) is 16.1 Å². The minimum absolute atomic E-state index is 0.0841. The lowest BCUT2D eigenvalue weighted by atomic mass is 10.2. The number of rotatable bonds is 6. The number of ether oxygens (including phenoxy) is 1. The number of thiophene rings is 1. The first-order valence-electron chi connectivity index (χ1n) is 5.67. The van der Waals surface area contributed by atoms with Crippen molar-refractivity contribution in [2.24, 2.45) is 0 Å². The molecule has 0 spiro atoms. The van der Waals surface area contributed by atoms with Crippen LogP contribution in [0.3, 0.4) is 0 Å². The molecular formula is C11H14N4O3S. The molecule has 1 unspecified atom stereocenters. The standard InChI is InChI=1S/C11H14N4O3S/c1-7-3-4-9(19-7)11-12-13-14-15(11)6-8(18-2)5-10(16)17/h3-4,8H,5-6H2,1-2H3,(H,16,17). The van der Waals surface area contributed by atoms with Crippen LogP contribution >= 0.6 is 11.3 Å². The van der Waals surface area contributed by atoms with Gasteiger partial charge in [0.15, 0.2) is 5.82 Å². The van der Waals surface area contributed by atoms with Crippen molar-refractivity contribution in [3.8, 4) is 10.7 Å². The zero-order valence-corrected chi connectivity index (χ0v) is 11.4. The molecule has 1 N–H and O–H groups in total. The summed E-state index contributed by atoms with van der Waals surface area (Å²) >= 11 is 1.59. The van der Waals surface area contributed by atoms with Gasteiger partial charge in [-0.25, -0.2) is 4.68 Å². The monoisotopic (exact) mass is 282 g/mol. The lowest BCUT2D eigenvalue weighted by Gasteiger charge is -2.13. The topological polar surface area (TPSA) is 90.1 Å². The summed E-state index contributed by atoms with van der Waals surface area (Å²) in [7, 11) is 1.48. The molecule has 102 valence electrons. The van der Waals surface area contributed by atoms with E-state index in [-0.39, 0.29) is 6.42 Å². The van der Waals surface area contributed by atoms with Gasteiger partial charge in [-0.3, -0.25) is 4.79 Å². The molecule has 0 amide bonds. The number of tetrazole rings is 1. The molecule has 8 heteroatoms. The summed E-state index contributed by atoms with van der Waals surface area (Å²) in [6.07, 6.45) is -0.542. The largest absolute Gasteiger partial charge is 0.481 e. The molecule has 1 atom stereocenters. The molecule has 0 radical (unpaired) electrons. The van der Waals surface area contributed by atoms with Gasteiger partial charge < -0.3 is 9.84 Å². The van der Waals surface area contributed by atoms with E-state index in [4.69, 9.17) is 9.84 Å². The fourth-order valence-electron chi connectivity index (χ4n) is 1.67. The van der Waals surface area contributed by atoms with Gasteiger partial charge in [0.1, 0.15) is 0 Å². The Morgan fingerprint density at radius 2 is 2.37 bits per heavy atom. The summed E-state index contributed by atoms with van der Waals surface area (Å²) in [4.78, 5) is 12.8. The molecule has 0 fully saturated rings. The second-order valence-corrected chi connectivity index (χ2v) is 5.34. The molecule has 0 saturated heterocycles. The number of aromatic nitrogens is 4. The van der Waals surface area contributed by atoms with E-state index < -0.39 is 12.1 Å². The highest BCUT2D eigenvalue weighted by molar-refractivity contribution is 7.15. The first kappa shape index (κ1) is 13.6. The van der Waals surface area contributed by atoms with E-state index in [1.54, 1.807) is 16.0 Å². The van der Waals surface area contributed by atoms with Crippen molar-refractivity contribution in [1.29, 1.82) is 0 Å². The van der Waals surface area contributed by atoms with Crippen LogP contribution < -0.4 is 0 Å². The predicted molar refractivity (Wildman–Crippen MR) is 68.9 cm³/mol. The number of carboxylic acid groups (broad SMARTS) is 1. The van der Waals surface area contributed by atoms with E-state index >= 15 is 0 Å². The van der Waals surface area contributed by atoms with Gasteiger partial charge in [0.05, 0.1) is 23.9 Å². The maximum Gasteiger partial charge on any atom is 0.306 e. The molecule has 0 aliphatic rings. The quantitative estimate of drug-likeness (QED) is 0.856. The molecule has 2 aromatic rings. The summed E-state index contributed by atoms with van der Waals surface area (Å²) < 4.78 is 6.71. The Balaban J connectivity index is 2.17. The third-order valence-corrected chi connectivity index (χ3v) is 3.60. The van der Waals surface area contributed by atoms with Crippen molar-refractivity contribution in [3.63, 3.8) is 0 Å². The average Bonchev–Trinajstić information content (AvgIpc) is 2.96. The SMILES string of the molecule is COC(CC(=O)O)Cn1nnnc1-c1ccc(C)s1. The minimum atomic E-state index is -0.909. The fourth-order valence-corrected chi connectivity index (χ4v) is 2.53. The van der Waals surface area contributed by atoms with Gasteiger partial charge in [0.2, 0.25) is 0 Å². The molecule has 2 aromatic heterocycles. The highest BCUT2D eigenvalue weighted by Crippen LogP contribution is 2.25. The number of methoxy groups -OCH3 is 1. The number of aryl methyl sites for hydroxylation is 1. The minimum Gasteiger partial charge on any atom is -0.481 e. The van der Waals surface area contributed by atoms with E-state index in [0.29, 0.717) is 12.4 Å². The van der Waals surface area contributed by atoms with Crippen LogP contribution in [-0.4, -0.2) is 44.5 Å². The fraction of sp³-hybridized carbons (Fsp3) is 0.455. The number of carbonyl (C=O) groups is 1. The Bertz CT molecular complexity index is 566. The molecular weight excluding hydrogens is 268 g/mol. The first-order valence-corrected chi connectivity index (χ1v) is 6.49. The number of carboxylic acids is 1. The van der Waals surface area contributed by atoms with E-state index in [9.17, 15) is 4.79 Å². The third kappa shape index (κ3) is 3.36. The van der Waals surface area contributed by atoms with Crippen molar-refractivity contribution in [1.82, 2.24) is 20.2 Å². The lowest BCUT2D eigenvalue weighted by molar-refractivity contribution is -0.139. The number of nitrogens with zero attached hydrogens (tertiary/aromatic N) is 4. The number of aliphatic carboxylic acids is 1. The van der Waals surface area contributed by atoms with Crippen molar-refractivity contribution in [2.45, 2.75) is 26.0 Å². The highest BCUT2D eigenvalue weighted by Gasteiger charge is 2.18. The summed E-state index contributed by atoms with van der Waals surface area (Å²) in [5, 5.41) is 20.3. The zero-order valence-electron chi connectivity index (χ0n) is 10.6. The van der Waals surface area contributed by atoms with E-state index in [0.717, 1.165) is 4.88 Å². The normalized spacial score (nSPS) is 12.5. The van der Waals surface area contributed by atoms with Crippen LogP contribution in [0, 0.1) is 6.92 Å². The van der Waals surface area contributed by atoms with Gasteiger partial charge in [-0.15, -0.1) is 16.4 Å². The average molecular weight is 282 g/mol. The van der Waals surface area contributed by atoms with Gasteiger partial charge in [0.25, 0.3) is 0 Å². The first-order chi connectivity index (χ1) is 9.10. The maximum atomic E-state index is 10.7. The highest BCUT2D eigenvalue weighted by atomic mass is 32.1. The van der Waals surface area contributed by atoms with Gasteiger partial charge >= 0.3 is 5.97 Å². The molecule has 19 heavy (non-hydrogen) atoms. The molecule has 0 bridgehead atoms. The Kier molecular flexibility index (Phi) is 4.23. The Morgan fingerprint density at radius 3 is 2.95 bits per heavy atom. The van der Waals surface area contributed by atoms with Gasteiger partial charge in [0, 0.05) is 12.0 Å². The smallest absolute Gasteiger partial charge is 0.306 e. The molecule has 2 rings (SSSR count). The summed E-state index contributed by atoms with van der Waals surface area (Å²) in [5.41, 5.74) is 0. The van der Waals surface area contributed by atoms with E-state index in [1.807, 2.05) is 19.1 Å². The molecule has 7 nitrogen and oxygen atoms in total. The van der Waals surface area contributed by atoms with Crippen LogP contribution in [0.25, 0.3) is 10.7 Å². The summed E-state index contributed by atoms with van der Waals surface area (Å²) in [6.45, 7) is 2.31. The second kappa shape index (κ2) is 5.89. The summed E-state index contributed by atoms with van der Waals surface area (Å²) in [6, 6.07) is 3.94. The molecule has 0 aliphatic carbocycles. The molecule has 2 heterocycles. The van der Waals surface area contributed by atoms with Crippen LogP contribution in [0.4, 0.5) is 0 Å². The maximum absolute atomic E-state index is 10.7. The molecule has 0 aliphatic heterocycles. The number of hydrogen-bond donors (Lipinski definition) is 1. The van der Waals surface area contributed by atoms with E-state index in [1.165, 1.54) is 12.0 Å². The van der Waals surface area contributed by atoms with Crippen molar-refractivity contribution in [2.75, 3.05) is 7.11 Å². The van der Waals surface area contributed by atoms with Crippen LogP contribution in [0.15, 0.2) is 12.1 Å². The zero-order chi connectivity index (χ0) is 13.8. The van der Waals surface area contributed by atoms with Crippen molar-refractivity contribution in [3.05, 3.63) is 17.0 Å². The van der Waals surface area contributed by atoms with E-state index in [2.05, 4.69) is 15.5 Å². The lowest BCUT2D eigenvalue weighted by Crippen LogP contribution is -2.23. The van der Waals surface area contributed by atoms with Gasteiger partial charge in [-0.05, 0) is 29.5 Å². The molecule has 0 saturated carbocycles. The van der Waals surface area contributed by atoms with Crippen LogP contribution in [0.5, 0.6) is 0 Å². The molecule has 0 aromatic carbocycles. The van der Waals surface area contributed by atoms with Crippen molar-refractivity contribution < 1.29 is 14.6 Å². The van der Waals surface area contributed by atoms with Gasteiger partial charge in [-0.2, -0.15) is 0 Å². The van der Waals surface area contributed by atoms with Crippen molar-refractivity contribution >= 4 is 17.3 Å². The Hall–Kier alpha value is -1.80. The summed E-state index contributed by atoms with van der Waals surface area (Å²) in [5.74, 6) is -0.279. The van der Waals surface area contributed by atoms with Crippen LogP contribution in [0.2, 0.25) is 0 Å². The number of hydrogen-bond acceptors (Lipinski definition) is 6. The third-order valence-electron chi connectivity index (χ3n) is 2.60. The predicted octanol–water partition coefficient (Wildman–Crippen LogP) is 1.20. The second-order valence-electron chi connectivity index (χ2n) is 4.05. The Morgan fingerprint density at radius 1 is 1.58 bits per heavy atom. The van der Waals surface area contributed by atoms with Crippen LogP contribution in [0.1, 0.15) is 11.3 Å². The van der Waals surface area contributed by atoms with Gasteiger partial charge in [-0.1, -0.05) is 0 Å².